The normalized spacial score (nSPS) is 25.5. The number of rotatable bonds is 2. The molecule has 1 aliphatic heterocycles. The molecule has 1 fully saturated rings. The van der Waals surface area contributed by atoms with Crippen molar-refractivity contribution in [2.24, 2.45) is 0 Å². The number of hydrogen-bond acceptors (Lipinski definition) is 1. The van der Waals surface area contributed by atoms with Gasteiger partial charge in [-0.25, -0.2) is 0 Å². The molecule has 1 heterocycles. The van der Waals surface area contributed by atoms with Crippen LogP contribution in [0, 0.1) is 0 Å². The summed E-state index contributed by atoms with van der Waals surface area (Å²) < 4.78 is 14.0. The van der Waals surface area contributed by atoms with E-state index in [1.165, 1.54) is 0 Å². The molecule has 0 N–H and O–H groups in total. The van der Waals surface area contributed by atoms with E-state index < -0.39 is 5.54 Å². The van der Waals surface area contributed by atoms with Crippen LogP contribution < -0.4 is 0 Å². The summed E-state index contributed by atoms with van der Waals surface area (Å²) in [5.74, 6) is 0. The van der Waals surface area contributed by atoms with E-state index in [9.17, 15) is 4.48 Å². The Balaban J connectivity index is 2.14. The highest BCUT2D eigenvalue weighted by molar-refractivity contribution is 5.46. The van der Waals surface area contributed by atoms with Crippen molar-refractivity contribution in [1.29, 1.82) is 0 Å². The molecule has 0 saturated carbocycles. The van der Waals surface area contributed by atoms with Gasteiger partial charge in [0.2, 0.25) is 0 Å². The van der Waals surface area contributed by atoms with Gasteiger partial charge in [0.15, 0.2) is 0 Å². The number of nitrogens with zero attached hydrogens (tertiary/aromatic N) is 1. The van der Waals surface area contributed by atoms with Crippen LogP contribution in [0.3, 0.4) is 0 Å². The van der Waals surface area contributed by atoms with Crippen molar-refractivity contribution in [2.45, 2.75) is 18.5 Å². The Kier molecular flexibility index (Phi) is 2.26. The zero-order valence-corrected chi connectivity index (χ0v) is 9.68. The lowest BCUT2D eigenvalue weighted by Crippen LogP contribution is -2.15. The van der Waals surface area contributed by atoms with Gasteiger partial charge in [-0.05, 0) is 18.1 Å². The summed E-state index contributed by atoms with van der Waals surface area (Å²) in [5.41, 5.74) is 1.45. The summed E-state index contributed by atoms with van der Waals surface area (Å²) in [6, 6.07) is 19.6. The van der Waals surface area contributed by atoms with E-state index in [1.807, 2.05) is 67.6 Å². The van der Waals surface area contributed by atoms with Crippen LogP contribution in [0.4, 0.5) is 4.48 Å². The smallest absolute Gasteiger partial charge is 0.119 e. The van der Waals surface area contributed by atoms with Crippen LogP contribution in [0.5, 0.6) is 0 Å². The number of halogens is 1. The molecule has 17 heavy (non-hydrogen) atoms. The Bertz CT molecular complexity index is 459. The molecule has 1 saturated heterocycles. The van der Waals surface area contributed by atoms with Crippen molar-refractivity contribution in [3.8, 4) is 0 Å². The third kappa shape index (κ3) is 1.34. The highest BCUT2D eigenvalue weighted by Crippen LogP contribution is 2.54. The Labute approximate surface area is 100 Å². The van der Waals surface area contributed by atoms with Crippen LogP contribution >= 0.6 is 0 Å². The van der Waals surface area contributed by atoms with Gasteiger partial charge in [0.1, 0.15) is 5.54 Å². The highest BCUT2D eigenvalue weighted by Gasteiger charge is 2.64. The average Bonchev–Trinajstić information content (AvgIpc) is 2.95. The zero-order valence-electron chi connectivity index (χ0n) is 9.68. The Morgan fingerprint density at radius 1 is 0.882 bits per heavy atom. The Morgan fingerprint density at radius 2 is 1.24 bits per heavy atom. The largest absolute Gasteiger partial charge is 0.133 e. The van der Waals surface area contributed by atoms with Crippen LogP contribution in [0.25, 0.3) is 0 Å². The fourth-order valence-electron chi connectivity index (χ4n) is 2.67. The van der Waals surface area contributed by atoms with Gasteiger partial charge in [-0.3, -0.25) is 0 Å². The summed E-state index contributed by atoms with van der Waals surface area (Å²) in [4.78, 5) is 0. The molecule has 3 rings (SSSR count). The molecule has 2 atom stereocenters. The quantitative estimate of drug-likeness (QED) is 0.560. The van der Waals surface area contributed by atoms with Crippen LogP contribution in [0.2, 0.25) is 0 Å². The molecular weight excluding hydrogens is 213 g/mol. The van der Waals surface area contributed by atoms with Gasteiger partial charge in [-0.2, -0.15) is 0 Å². The van der Waals surface area contributed by atoms with Crippen molar-refractivity contribution in [2.75, 3.05) is 0 Å². The predicted octanol–water partition coefficient (Wildman–Crippen LogP) is 3.52. The molecule has 0 radical (unpaired) electrons. The molecule has 86 valence electrons. The average molecular weight is 227 g/mol. The lowest BCUT2D eigenvalue weighted by atomic mass is 9.88. The van der Waals surface area contributed by atoms with E-state index in [0.717, 1.165) is 16.2 Å². The predicted molar refractivity (Wildman–Crippen MR) is 66.1 cm³/mol. The van der Waals surface area contributed by atoms with Gasteiger partial charge in [0, 0.05) is 0 Å². The maximum Gasteiger partial charge on any atom is 0.119 e. The third-order valence-electron chi connectivity index (χ3n) is 3.64. The first kappa shape index (κ1) is 10.5. The van der Waals surface area contributed by atoms with Crippen molar-refractivity contribution in [3.05, 3.63) is 71.8 Å². The summed E-state index contributed by atoms with van der Waals surface area (Å²) in [6.07, 6.45) is 0. The Hall–Kier alpha value is -1.67. The van der Waals surface area contributed by atoms with Crippen molar-refractivity contribution < 1.29 is 4.48 Å². The summed E-state index contributed by atoms with van der Waals surface area (Å²) in [5, 5.41) is 0.928. The van der Waals surface area contributed by atoms with Gasteiger partial charge >= 0.3 is 0 Å². The monoisotopic (exact) mass is 227 g/mol. The maximum absolute atomic E-state index is 14.0. The molecule has 1 aliphatic rings. The standard InChI is InChI=1S/C15H14FN/c1-12-15(17(12)16,13-8-4-2-5-9-13)14-10-6-3-7-11-14/h2-12H,1H3/t12-,17?/m0/s1. The summed E-state index contributed by atoms with van der Waals surface area (Å²) in [6.45, 7) is 1.92. The van der Waals surface area contributed by atoms with Crippen molar-refractivity contribution in [1.82, 2.24) is 5.12 Å². The van der Waals surface area contributed by atoms with Gasteiger partial charge < -0.3 is 0 Å². The molecule has 0 bridgehead atoms. The van der Waals surface area contributed by atoms with E-state index >= 15 is 0 Å². The first-order chi connectivity index (χ1) is 8.28. The molecule has 1 nitrogen and oxygen atoms in total. The van der Waals surface area contributed by atoms with Crippen LogP contribution in [0.1, 0.15) is 18.1 Å². The number of hydrogen-bond donors (Lipinski definition) is 0. The second-order valence-electron chi connectivity index (χ2n) is 4.49. The molecule has 0 aliphatic carbocycles. The van der Waals surface area contributed by atoms with E-state index in [2.05, 4.69) is 0 Å². The SMILES string of the molecule is C[C@@H]1N(F)C1(c1ccccc1)c1ccccc1. The summed E-state index contributed by atoms with van der Waals surface area (Å²) >= 11 is 0. The fourth-order valence-corrected chi connectivity index (χ4v) is 2.67. The van der Waals surface area contributed by atoms with Crippen molar-refractivity contribution in [3.63, 3.8) is 0 Å². The van der Waals surface area contributed by atoms with E-state index in [0.29, 0.717) is 0 Å². The summed E-state index contributed by atoms with van der Waals surface area (Å²) in [7, 11) is 0. The van der Waals surface area contributed by atoms with Crippen LogP contribution in [-0.4, -0.2) is 11.2 Å². The molecule has 1 unspecified atom stereocenters. The van der Waals surface area contributed by atoms with E-state index in [1.54, 1.807) is 0 Å². The zero-order chi connectivity index (χ0) is 11.9. The van der Waals surface area contributed by atoms with Crippen LogP contribution in [-0.2, 0) is 5.54 Å². The lowest BCUT2D eigenvalue weighted by molar-refractivity contribution is 0.132. The topological polar surface area (TPSA) is 3.01 Å². The second-order valence-corrected chi connectivity index (χ2v) is 4.49. The van der Waals surface area contributed by atoms with Gasteiger partial charge in [-0.15, -0.1) is 9.60 Å². The molecule has 0 amide bonds. The molecule has 2 aromatic rings. The molecule has 2 heteroatoms. The lowest BCUT2D eigenvalue weighted by Gasteiger charge is -2.15. The van der Waals surface area contributed by atoms with Gasteiger partial charge in [0.05, 0.1) is 6.04 Å². The maximum atomic E-state index is 14.0. The first-order valence-corrected chi connectivity index (χ1v) is 5.84. The molecular formula is C15H14FN. The first-order valence-electron chi connectivity index (χ1n) is 5.84. The van der Waals surface area contributed by atoms with Gasteiger partial charge in [0.25, 0.3) is 0 Å². The third-order valence-corrected chi connectivity index (χ3v) is 3.64. The van der Waals surface area contributed by atoms with E-state index in [-0.39, 0.29) is 6.04 Å². The highest BCUT2D eigenvalue weighted by atomic mass is 19.2. The minimum atomic E-state index is -0.581. The number of benzene rings is 2. The van der Waals surface area contributed by atoms with E-state index in [4.69, 9.17) is 0 Å². The molecule has 2 aromatic carbocycles. The molecule has 0 aromatic heterocycles. The Morgan fingerprint density at radius 3 is 1.53 bits per heavy atom. The molecule has 0 spiro atoms. The minimum Gasteiger partial charge on any atom is -0.133 e. The van der Waals surface area contributed by atoms with Crippen LogP contribution in [0.15, 0.2) is 60.7 Å². The van der Waals surface area contributed by atoms with Crippen molar-refractivity contribution >= 4 is 0 Å². The second kappa shape index (κ2) is 3.67. The minimum absolute atomic E-state index is 0.104. The van der Waals surface area contributed by atoms with Gasteiger partial charge in [-0.1, -0.05) is 60.7 Å². The fraction of sp³-hybridized carbons (Fsp3) is 0.200.